The monoisotopic (exact) mass is 393 g/mol. The molecule has 4 rings (SSSR count). The van der Waals surface area contributed by atoms with E-state index in [0.29, 0.717) is 28.5 Å². The Kier molecular flexibility index (Phi) is 4.50. The van der Waals surface area contributed by atoms with Gasteiger partial charge in [-0.15, -0.1) is 0 Å². The maximum absolute atomic E-state index is 13.0. The average molecular weight is 394 g/mol. The first kappa shape index (κ1) is 17.2. The molecule has 0 spiro atoms. The molecule has 1 saturated heterocycles. The minimum absolute atomic E-state index is 0.121. The first-order valence-electron chi connectivity index (χ1n) is 7.86. The molecule has 2 heterocycles. The Bertz CT molecular complexity index is 890. The minimum atomic E-state index is -0.555. The summed E-state index contributed by atoms with van der Waals surface area (Å²) in [6, 6.07) is 9.12. The Hall–Kier alpha value is -2.25. The number of rotatable bonds is 4. The van der Waals surface area contributed by atoms with Crippen LogP contribution >= 0.6 is 23.4 Å². The standard InChI is InChI=1S/C18H13ClFNO4S/c19-13-7-15-14(24-9-25-15)5-11(13)6-16-17(22)21(18(23)26-16)8-10-1-3-12(20)4-2-10/h1-5,7,16H,6,8-9H2/t16-/m1/s1. The van der Waals surface area contributed by atoms with Gasteiger partial charge in [-0.05, 0) is 35.7 Å². The molecule has 0 bridgehead atoms. The van der Waals surface area contributed by atoms with E-state index in [1.807, 2.05) is 0 Å². The van der Waals surface area contributed by atoms with Crippen LogP contribution in [0.2, 0.25) is 5.02 Å². The molecule has 5 nitrogen and oxygen atoms in total. The summed E-state index contributed by atoms with van der Waals surface area (Å²) < 4.78 is 23.6. The smallest absolute Gasteiger partial charge is 0.289 e. The molecule has 2 amide bonds. The van der Waals surface area contributed by atoms with E-state index in [1.54, 1.807) is 24.3 Å². The predicted molar refractivity (Wildman–Crippen MR) is 95.0 cm³/mol. The third-order valence-electron chi connectivity index (χ3n) is 4.21. The van der Waals surface area contributed by atoms with Crippen molar-refractivity contribution >= 4 is 34.5 Å². The summed E-state index contributed by atoms with van der Waals surface area (Å²) in [6.07, 6.45) is 0.310. The molecule has 0 N–H and O–H groups in total. The highest BCUT2D eigenvalue weighted by atomic mass is 35.5. The number of hydrogen-bond acceptors (Lipinski definition) is 5. The number of carbonyl (C=O) groups excluding carboxylic acids is 2. The summed E-state index contributed by atoms with van der Waals surface area (Å²) in [6.45, 7) is 0.256. The van der Waals surface area contributed by atoms with Gasteiger partial charge in [-0.25, -0.2) is 4.39 Å². The van der Waals surface area contributed by atoms with Crippen LogP contribution in [0.3, 0.4) is 0 Å². The molecular weight excluding hydrogens is 381 g/mol. The average Bonchev–Trinajstić information content (AvgIpc) is 3.16. The molecule has 134 valence electrons. The second kappa shape index (κ2) is 6.81. The largest absolute Gasteiger partial charge is 0.454 e. The van der Waals surface area contributed by atoms with Crippen molar-refractivity contribution in [3.05, 3.63) is 58.4 Å². The van der Waals surface area contributed by atoms with E-state index in [1.165, 1.54) is 17.0 Å². The van der Waals surface area contributed by atoms with Gasteiger partial charge in [0.2, 0.25) is 12.7 Å². The lowest BCUT2D eigenvalue weighted by Gasteiger charge is -2.14. The van der Waals surface area contributed by atoms with Gasteiger partial charge in [-0.3, -0.25) is 14.5 Å². The molecule has 1 fully saturated rings. The van der Waals surface area contributed by atoms with Crippen LogP contribution in [0.4, 0.5) is 9.18 Å². The van der Waals surface area contributed by atoms with Crippen LogP contribution in [0, 0.1) is 5.82 Å². The molecule has 0 radical (unpaired) electrons. The maximum Gasteiger partial charge on any atom is 0.289 e. The molecule has 0 aromatic heterocycles. The normalized spacial score (nSPS) is 18.7. The van der Waals surface area contributed by atoms with Crippen LogP contribution in [-0.2, 0) is 17.8 Å². The number of carbonyl (C=O) groups is 2. The molecule has 8 heteroatoms. The van der Waals surface area contributed by atoms with E-state index in [4.69, 9.17) is 21.1 Å². The number of fused-ring (bicyclic) bond motifs is 1. The van der Waals surface area contributed by atoms with Crippen molar-refractivity contribution < 1.29 is 23.5 Å². The van der Waals surface area contributed by atoms with Gasteiger partial charge < -0.3 is 9.47 Å². The number of hydrogen-bond donors (Lipinski definition) is 0. The first-order chi connectivity index (χ1) is 12.5. The lowest BCUT2D eigenvalue weighted by Crippen LogP contribution is -2.31. The highest BCUT2D eigenvalue weighted by Crippen LogP contribution is 2.39. The topological polar surface area (TPSA) is 55.8 Å². The predicted octanol–water partition coefficient (Wildman–Crippen LogP) is 4.01. The first-order valence-corrected chi connectivity index (χ1v) is 9.11. The molecule has 2 aromatic carbocycles. The third-order valence-corrected chi connectivity index (χ3v) is 5.63. The van der Waals surface area contributed by atoms with Gasteiger partial charge in [-0.1, -0.05) is 35.5 Å². The summed E-state index contributed by atoms with van der Waals surface area (Å²) in [5, 5.41) is -0.408. The summed E-state index contributed by atoms with van der Waals surface area (Å²) in [5.41, 5.74) is 1.41. The van der Waals surface area contributed by atoms with Crippen molar-refractivity contribution in [3.63, 3.8) is 0 Å². The molecule has 0 aliphatic carbocycles. The van der Waals surface area contributed by atoms with Gasteiger partial charge in [0.05, 0.1) is 11.8 Å². The summed E-state index contributed by atoms with van der Waals surface area (Å²) in [4.78, 5) is 26.1. The lowest BCUT2D eigenvalue weighted by molar-refractivity contribution is -0.127. The number of benzene rings is 2. The van der Waals surface area contributed by atoms with Gasteiger partial charge in [0.25, 0.3) is 5.24 Å². The Balaban J connectivity index is 1.50. The lowest BCUT2D eigenvalue weighted by atomic mass is 10.1. The molecule has 2 aliphatic heterocycles. The summed E-state index contributed by atoms with van der Waals surface area (Å²) in [7, 11) is 0. The highest BCUT2D eigenvalue weighted by molar-refractivity contribution is 8.15. The fourth-order valence-corrected chi connectivity index (χ4v) is 4.11. The maximum atomic E-state index is 13.0. The number of ether oxygens (including phenoxy) is 2. The van der Waals surface area contributed by atoms with E-state index in [9.17, 15) is 14.0 Å². The number of amides is 2. The number of thioether (sulfide) groups is 1. The summed E-state index contributed by atoms with van der Waals surface area (Å²) in [5.74, 6) is 0.503. The molecule has 2 aliphatic rings. The van der Waals surface area contributed by atoms with Gasteiger partial charge in [0.15, 0.2) is 11.5 Å². The molecular formula is C18H13ClFNO4S. The van der Waals surface area contributed by atoms with Gasteiger partial charge >= 0.3 is 0 Å². The van der Waals surface area contributed by atoms with Crippen molar-refractivity contribution in [1.82, 2.24) is 4.90 Å². The molecule has 1 atom stereocenters. The zero-order valence-electron chi connectivity index (χ0n) is 13.4. The Morgan fingerprint density at radius 3 is 2.58 bits per heavy atom. The van der Waals surface area contributed by atoms with Crippen LogP contribution in [0.5, 0.6) is 11.5 Å². The SMILES string of the molecule is O=C1S[C@H](Cc2cc3c(cc2Cl)OCO3)C(=O)N1Cc1ccc(F)cc1. The Morgan fingerprint density at radius 1 is 1.15 bits per heavy atom. The zero-order valence-corrected chi connectivity index (χ0v) is 15.0. The second-order valence-corrected chi connectivity index (χ2v) is 7.49. The van der Waals surface area contributed by atoms with E-state index in [0.717, 1.165) is 17.3 Å². The van der Waals surface area contributed by atoms with Crippen LogP contribution in [0.1, 0.15) is 11.1 Å². The quantitative estimate of drug-likeness (QED) is 0.785. The van der Waals surface area contributed by atoms with Crippen molar-refractivity contribution in [2.75, 3.05) is 6.79 Å². The molecule has 26 heavy (non-hydrogen) atoms. The Morgan fingerprint density at radius 2 is 1.85 bits per heavy atom. The van der Waals surface area contributed by atoms with Crippen LogP contribution in [0.25, 0.3) is 0 Å². The fraction of sp³-hybridized carbons (Fsp3) is 0.222. The van der Waals surface area contributed by atoms with Crippen molar-refractivity contribution in [3.8, 4) is 11.5 Å². The zero-order chi connectivity index (χ0) is 18.3. The molecule has 0 unspecified atom stereocenters. The Labute approximate surface area is 158 Å². The second-order valence-electron chi connectivity index (χ2n) is 5.92. The van der Waals surface area contributed by atoms with E-state index in [2.05, 4.69) is 0 Å². The van der Waals surface area contributed by atoms with Gasteiger partial charge in [0.1, 0.15) is 5.82 Å². The van der Waals surface area contributed by atoms with E-state index < -0.39 is 5.25 Å². The number of imide groups is 1. The van der Waals surface area contributed by atoms with E-state index >= 15 is 0 Å². The van der Waals surface area contributed by atoms with Crippen molar-refractivity contribution in [2.45, 2.75) is 18.2 Å². The molecule has 2 aromatic rings. The minimum Gasteiger partial charge on any atom is -0.454 e. The third kappa shape index (κ3) is 3.24. The van der Waals surface area contributed by atoms with Crippen molar-refractivity contribution in [1.29, 1.82) is 0 Å². The van der Waals surface area contributed by atoms with Gasteiger partial charge in [0, 0.05) is 11.1 Å². The van der Waals surface area contributed by atoms with E-state index in [-0.39, 0.29) is 30.3 Å². The number of nitrogens with zero attached hydrogens (tertiary/aromatic N) is 1. The fourth-order valence-electron chi connectivity index (χ4n) is 2.86. The summed E-state index contributed by atoms with van der Waals surface area (Å²) >= 11 is 7.23. The molecule has 0 saturated carbocycles. The van der Waals surface area contributed by atoms with Crippen LogP contribution in [-0.4, -0.2) is 28.1 Å². The van der Waals surface area contributed by atoms with Gasteiger partial charge in [-0.2, -0.15) is 0 Å². The van der Waals surface area contributed by atoms with Crippen LogP contribution < -0.4 is 9.47 Å². The highest BCUT2D eigenvalue weighted by Gasteiger charge is 2.39. The number of halogens is 2. The van der Waals surface area contributed by atoms with Crippen molar-refractivity contribution in [2.24, 2.45) is 0 Å². The van der Waals surface area contributed by atoms with Crippen LogP contribution in [0.15, 0.2) is 36.4 Å².